The van der Waals surface area contributed by atoms with E-state index in [1.54, 1.807) is 41.7 Å². The number of hydrogen-bond donors (Lipinski definition) is 1. The van der Waals surface area contributed by atoms with Gasteiger partial charge in [-0.2, -0.15) is 0 Å². The van der Waals surface area contributed by atoms with E-state index in [2.05, 4.69) is 10.3 Å². The van der Waals surface area contributed by atoms with Crippen LogP contribution in [0.4, 0.5) is 0 Å². The minimum absolute atomic E-state index is 0.0503. The quantitative estimate of drug-likeness (QED) is 0.751. The maximum atomic E-state index is 12.7. The van der Waals surface area contributed by atoms with Gasteiger partial charge >= 0.3 is 0 Å². The smallest absolute Gasteiger partial charge is 0.263 e. The minimum Gasteiger partial charge on any atom is -0.351 e. The molecule has 2 aromatic heterocycles. The summed E-state index contributed by atoms with van der Waals surface area (Å²) in [5, 5.41) is 3.72. The van der Waals surface area contributed by atoms with E-state index in [1.807, 2.05) is 6.92 Å². The van der Waals surface area contributed by atoms with Crippen LogP contribution in [0.15, 0.2) is 29.3 Å². The summed E-state index contributed by atoms with van der Waals surface area (Å²) < 4.78 is 1.32. The van der Waals surface area contributed by atoms with Gasteiger partial charge in [0, 0.05) is 43.3 Å². The third-order valence-electron chi connectivity index (χ3n) is 5.38. The van der Waals surface area contributed by atoms with Crippen LogP contribution in [0.5, 0.6) is 0 Å². The lowest BCUT2D eigenvalue weighted by molar-refractivity contribution is -0.133. The SMILES string of the molecule is Cc1cnc(CCNC(=O)c2cccn(CC(=O)N(C)C3CCCCC3)c2=O)s1. The molecule has 0 atom stereocenters. The van der Waals surface area contributed by atoms with Crippen LogP contribution in [0.3, 0.4) is 0 Å². The number of carbonyl (C=O) groups is 2. The summed E-state index contributed by atoms with van der Waals surface area (Å²) in [6.45, 7) is 2.34. The zero-order valence-corrected chi connectivity index (χ0v) is 17.8. The highest BCUT2D eigenvalue weighted by atomic mass is 32.1. The van der Waals surface area contributed by atoms with Gasteiger partial charge in [-0.05, 0) is 31.9 Å². The molecule has 8 heteroatoms. The number of carbonyl (C=O) groups excluding carboxylic acids is 2. The summed E-state index contributed by atoms with van der Waals surface area (Å²) in [5.74, 6) is -0.526. The Morgan fingerprint density at radius 1 is 1.31 bits per heavy atom. The minimum atomic E-state index is -0.444. The van der Waals surface area contributed by atoms with Crippen molar-refractivity contribution in [2.75, 3.05) is 13.6 Å². The van der Waals surface area contributed by atoms with Crippen molar-refractivity contribution in [3.63, 3.8) is 0 Å². The van der Waals surface area contributed by atoms with Crippen molar-refractivity contribution < 1.29 is 9.59 Å². The number of amides is 2. The highest BCUT2D eigenvalue weighted by molar-refractivity contribution is 7.11. The van der Waals surface area contributed by atoms with Crippen molar-refractivity contribution in [2.45, 2.75) is 58.0 Å². The summed E-state index contributed by atoms with van der Waals surface area (Å²) in [6.07, 6.45) is 9.50. The molecule has 1 N–H and O–H groups in total. The molecule has 1 aliphatic carbocycles. The number of aromatic nitrogens is 2. The van der Waals surface area contributed by atoms with E-state index in [1.165, 1.54) is 17.1 Å². The van der Waals surface area contributed by atoms with Gasteiger partial charge in [0.1, 0.15) is 12.1 Å². The molecule has 0 aliphatic heterocycles. The molecule has 2 heterocycles. The molecule has 29 heavy (non-hydrogen) atoms. The lowest BCUT2D eigenvalue weighted by Crippen LogP contribution is -2.42. The van der Waals surface area contributed by atoms with Crippen molar-refractivity contribution in [2.24, 2.45) is 0 Å². The molecule has 7 nitrogen and oxygen atoms in total. The molecule has 0 bridgehead atoms. The van der Waals surface area contributed by atoms with E-state index >= 15 is 0 Å². The van der Waals surface area contributed by atoms with Crippen LogP contribution >= 0.6 is 11.3 Å². The van der Waals surface area contributed by atoms with Crippen molar-refractivity contribution in [1.29, 1.82) is 0 Å². The zero-order chi connectivity index (χ0) is 20.8. The van der Waals surface area contributed by atoms with E-state index in [0.29, 0.717) is 13.0 Å². The highest BCUT2D eigenvalue weighted by Crippen LogP contribution is 2.21. The molecule has 2 aromatic rings. The average molecular weight is 417 g/mol. The Morgan fingerprint density at radius 3 is 2.76 bits per heavy atom. The third kappa shape index (κ3) is 5.53. The van der Waals surface area contributed by atoms with Crippen molar-refractivity contribution in [1.82, 2.24) is 19.8 Å². The topological polar surface area (TPSA) is 84.3 Å². The highest BCUT2D eigenvalue weighted by Gasteiger charge is 2.23. The van der Waals surface area contributed by atoms with Crippen LogP contribution < -0.4 is 10.9 Å². The van der Waals surface area contributed by atoms with Gasteiger partial charge in [0.15, 0.2) is 0 Å². The Morgan fingerprint density at radius 2 is 2.07 bits per heavy atom. The fraction of sp³-hybridized carbons (Fsp3) is 0.524. The van der Waals surface area contributed by atoms with Crippen LogP contribution in [0.2, 0.25) is 0 Å². The number of nitrogens with one attached hydrogen (secondary N) is 1. The first kappa shape index (κ1) is 21.2. The largest absolute Gasteiger partial charge is 0.351 e. The zero-order valence-electron chi connectivity index (χ0n) is 17.0. The van der Waals surface area contributed by atoms with Crippen LogP contribution in [-0.4, -0.2) is 45.9 Å². The predicted octanol–water partition coefficient (Wildman–Crippen LogP) is 2.38. The average Bonchev–Trinajstić information content (AvgIpc) is 3.14. The van der Waals surface area contributed by atoms with Crippen LogP contribution in [0.25, 0.3) is 0 Å². The number of aryl methyl sites for hydroxylation is 1. The Labute approximate surface area is 174 Å². The third-order valence-corrected chi connectivity index (χ3v) is 6.35. The summed E-state index contributed by atoms with van der Waals surface area (Å²) in [4.78, 5) is 44.9. The molecule has 156 valence electrons. The molecule has 0 spiro atoms. The predicted molar refractivity (Wildman–Crippen MR) is 113 cm³/mol. The summed E-state index contributed by atoms with van der Waals surface area (Å²) in [5.41, 5.74) is -0.392. The van der Waals surface area contributed by atoms with Gasteiger partial charge in [0.2, 0.25) is 5.91 Å². The number of thiazole rings is 1. The second-order valence-corrected chi connectivity index (χ2v) is 8.84. The fourth-order valence-corrected chi connectivity index (χ4v) is 4.45. The van der Waals surface area contributed by atoms with Gasteiger partial charge in [-0.3, -0.25) is 14.4 Å². The molecule has 2 amide bonds. The Kier molecular flexibility index (Phi) is 7.19. The van der Waals surface area contributed by atoms with E-state index < -0.39 is 11.5 Å². The second kappa shape index (κ2) is 9.82. The first-order valence-electron chi connectivity index (χ1n) is 10.1. The first-order chi connectivity index (χ1) is 14.0. The second-order valence-electron chi connectivity index (χ2n) is 7.52. The number of hydrogen-bond acceptors (Lipinski definition) is 5. The first-order valence-corrected chi connectivity index (χ1v) is 10.9. The lowest BCUT2D eigenvalue weighted by Gasteiger charge is -2.31. The van der Waals surface area contributed by atoms with Crippen molar-refractivity contribution in [3.05, 3.63) is 50.3 Å². The van der Waals surface area contributed by atoms with Crippen LogP contribution in [0.1, 0.15) is 52.3 Å². The monoisotopic (exact) mass is 416 g/mol. The standard InChI is InChI=1S/C21H28N4O3S/c1-15-13-23-18(29-15)10-11-22-20(27)17-9-6-12-25(21(17)28)14-19(26)24(2)16-7-4-3-5-8-16/h6,9,12-13,16H,3-5,7-8,10-11,14H2,1-2H3,(H,22,27). The van der Waals surface area contributed by atoms with Gasteiger partial charge < -0.3 is 14.8 Å². The Bertz CT molecular complexity index is 915. The van der Waals surface area contributed by atoms with E-state index in [4.69, 9.17) is 0 Å². The Hall–Kier alpha value is -2.48. The number of nitrogens with zero attached hydrogens (tertiary/aromatic N) is 3. The molecule has 1 saturated carbocycles. The Balaban J connectivity index is 1.59. The maximum absolute atomic E-state index is 12.7. The molecular formula is C21H28N4O3S. The van der Waals surface area contributed by atoms with Gasteiger partial charge in [-0.25, -0.2) is 4.98 Å². The molecule has 0 radical (unpaired) electrons. The molecule has 0 aromatic carbocycles. The maximum Gasteiger partial charge on any atom is 0.263 e. The van der Waals surface area contributed by atoms with Crippen molar-refractivity contribution in [3.8, 4) is 0 Å². The van der Waals surface area contributed by atoms with Gasteiger partial charge in [0.05, 0.1) is 5.01 Å². The molecule has 3 rings (SSSR count). The molecular weight excluding hydrogens is 388 g/mol. The molecule has 0 unspecified atom stereocenters. The van der Waals surface area contributed by atoms with E-state index in [-0.39, 0.29) is 24.1 Å². The number of rotatable bonds is 7. The molecule has 0 saturated heterocycles. The lowest BCUT2D eigenvalue weighted by atomic mass is 9.94. The number of likely N-dealkylation sites (N-methyl/N-ethyl adjacent to an activating group) is 1. The van der Waals surface area contributed by atoms with E-state index in [0.717, 1.165) is 35.6 Å². The fourth-order valence-electron chi connectivity index (χ4n) is 3.66. The van der Waals surface area contributed by atoms with Crippen molar-refractivity contribution >= 4 is 23.2 Å². The summed E-state index contributed by atoms with van der Waals surface area (Å²) >= 11 is 1.59. The molecule has 1 aliphatic rings. The van der Waals surface area contributed by atoms with Gasteiger partial charge in [-0.1, -0.05) is 19.3 Å². The van der Waals surface area contributed by atoms with Gasteiger partial charge in [-0.15, -0.1) is 11.3 Å². The summed E-state index contributed by atoms with van der Waals surface area (Å²) in [7, 11) is 1.81. The van der Waals surface area contributed by atoms with Gasteiger partial charge in [0.25, 0.3) is 11.5 Å². The van der Waals surface area contributed by atoms with Crippen LogP contribution in [0, 0.1) is 6.92 Å². The molecule has 1 fully saturated rings. The summed E-state index contributed by atoms with van der Waals surface area (Å²) in [6, 6.07) is 3.37. The van der Waals surface area contributed by atoms with E-state index in [9.17, 15) is 14.4 Å². The van der Waals surface area contributed by atoms with Crippen LogP contribution in [-0.2, 0) is 17.8 Å². The number of pyridine rings is 1. The normalized spacial score (nSPS) is 14.6.